The first-order valence-electron chi connectivity index (χ1n) is 13.2. The topological polar surface area (TPSA) is 54.4 Å². The Hall–Kier alpha value is -0.960. The molecule has 0 aromatic carbocycles. The quantitative estimate of drug-likeness (QED) is 0.488. The summed E-state index contributed by atoms with van der Waals surface area (Å²) in [6.07, 6.45) is 10.6. The van der Waals surface area contributed by atoms with E-state index in [1.807, 2.05) is 6.92 Å². The maximum atomic E-state index is 13.5. The van der Waals surface area contributed by atoms with Crippen LogP contribution in [0, 0.1) is 44.8 Å². The summed E-state index contributed by atoms with van der Waals surface area (Å²) < 4.78 is 0. The van der Waals surface area contributed by atoms with Crippen LogP contribution in [-0.2, 0) is 9.59 Å². The van der Waals surface area contributed by atoms with E-state index < -0.39 is 11.5 Å². The number of carbonyl (C=O) groups excluding carboxylic acids is 2. The molecular formula is C29H44O3. The van der Waals surface area contributed by atoms with Gasteiger partial charge >= 0.3 is 0 Å². The molecular weight excluding hydrogens is 396 g/mol. The molecule has 3 saturated carbocycles. The maximum absolute atomic E-state index is 13.5. The Bertz CT molecular complexity index is 885. The van der Waals surface area contributed by atoms with Crippen molar-refractivity contribution in [1.82, 2.24) is 0 Å². The van der Waals surface area contributed by atoms with Gasteiger partial charge < -0.3 is 9.90 Å². The van der Waals surface area contributed by atoms with Gasteiger partial charge in [-0.1, -0.05) is 47.1 Å². The van der Waals surface area contributed by atoms with Crippen molar-refractivity contribution in [3.8, 4) is 0 Å². The van der Waals surface area contributed by atoms with Crippen molar-refractivity contribution < 1.29 is 14.7 Å². The van der Waals surface area contributed by atoms with Crippen LogP contribution in [0.3, 0.4) is 0 Å². The van der Waals surface area contributed by atoms with Crippen molar-refractivity contribution >= 4 is 12.1 Å². The fourth-order valence-electron chi connectivity index (χ4n) is 10.1. The van der Waals surface area contributed by atoms with Crippen LogP contribution in [0.4, 0.5) is 0 Å². The molecule has 5 rings (SSSR count). The molecule has 3 heteroatoms. The zero-order chi connectivity index (χ0) is 23.3. The van der Waals surface area contributed by atoms with E-state index in [9.17, 15) is 14.7 Å². The summed E-state index contributed by atoms with van der Waals surface area (Å²) in [6, 6.07) is 0. The van der Waals surface area contributed by atoms with Crippen molar-refractivity contribution in [3.05, 3.63) is 11.1 Å². The summed E-state index contributed by atoms with van der Waals surface area (Å²) in [5, 5.41) is 10.8. The fraction of sp³-hybridized carbons (Fsp3) is 0.862. The number of Topliss-reactive ketones (excluding diaryl/α,β-unsaturated/α-hetero) is 1. The third-order valence-corrected chi connectivity index (χ3v) is 12.2. The molecule has 0 saturated heterocycles. The molecule has 0 radical (unpaired) electrons. The molecule has 5 aliphatic carbocycles. The number of hydrogen-bond acceptors (Lipinski definition) is 3. The van der Waals surface area contributed by atoms with Crippen LogP contribution < -0.4 is 0 Å². The van der Waals surface area contributed by atoms with Gasteiger partial charge in [0.2, 0.25) is 0 Å². The number of carbonyl (C=O) groups is 2. The smallest absolute Gasteiger partial charge is 0.159 e. The highest BCUT2D eigenvalue weighted by molar-refractivity contribution is 5.98. The van der Waals surface area contributed by atoms with Gasteiger partial charge in [-0.05, 0) is 103 Å². The van der Waals surface area contributed by atoms with Gasteiger partial charge in [0, 0.05) is 6.42 Å². The van der Waals surface area contributed by atoms with Gasteiger partial charge in [0.15, 0.2) is 5.78 Å². The molecule has 0 aromatic heterocycles. The van der Waals surface area contributed by atoms with Gasteiger partial charge in [-0.2, -0.15) is 0 Å². The zero-order valence-electron chi connectivity index (χ0n) is 21.2. The first-order valence-corrected chi connectivity index (χ1v) is 13.2. The Morgan fingerprint density at radius 2 is 1.56 bits per heavy atom. The summed E-state index contributed by atoms with van der Waals surface area (Å²) >= 11 is 0. The standard InChI is InChI=1S/C29H44O3/c1-25(2)12-9-18-19(15-25)20-7-8-23-26(3)13-11-24(32)27(4,17-30)22(26)10-14-28(23,5)29(20,6)16-21(18)31/h17,20,22-24,32H,7-16H2,1-6H3. The van der Waals surface area contributed by atoms with Gasteiger partial charge in [0.25, 0.3) is 0 Å². The van der Waals surface area contributed by atoms with Crippen LogP contribution >= 0.6 is 0 Å². The zero-order valence-corrected chi connectivity index (χ0v) is 21.2. The minimum atomic E-state index is -0.641. The monoisotopic (exact) mass is 440 g/mol. The Balaban J connectivity index is 1.57. The normalized spacial score (nSPS) is 52.4. The number of aldehydes is 1. The maximum Gasteiger partial charge on any atom is 0.159 e. The van der Waals surface area contributed by atoms with Crippen LogP contribution in [0.25, 0.3) is 0 Å². The molecule has 5 aliphatic rings. The van der Waals surface area contributed by atoms with E-state index in [4.69, 9.17) is 0 Å². The number of rotatable bonds is 1. The lowest BCUT2D eigenvalue weighted by molar-refractivity contribution is -0.221. The van der Waals surface area contributed by atoms with Crippen LogP contribution in [0.15, 0.2) is 11.1 Å². The summed E-state index contributed by atoms with van der Waals surface area (Å²) in [4.78, 5) is 25.8. The Labute approximate surface area is 194 Å². The predicted molar refractivity (Wildman–Crippen MR) is 127 cm³/mol. The lowest BCUT2D eigenvalue weighted by atomic mass is 9.33. The highest BCUT2D eigenvalue weighted by Crippen LogP contribution is 2.74. The van der Waals surface area contributed by atoms with E-state index in [1.54, 1.807) is 0 Å². The molecule has 8 unspecified atom stereocenters. The molecule has 0 heterocycles. The lowest BCUT2D eigenvalue weighted by Crippen LogP contribution is -2.66. The van der Waals surface area contributed by atoms with Crippen LogP contribution in [0.1, 0.15) is 106 Å². The van der Waals surface area contributed by atoms with Crippen molar-refractivity contribution in [3.63, 3.8) is 0 Å². The summed E-state index contributed by atoms with van der Waals surface area (Å²) in [7, 11) is 0. The van der Waals surface area contributed by atoms with Crippen molar-refractivity contribution in [2.24, 2.45) is 44.8 Å². The Morgan fingerprint density at radius 1 is 0.844 bits per heavy atom. The average Bonchev–Trinajstić information content (AvgIpc) is 2.71. The summed E-state index contributed by atoms with van der Waals surface area (Å²) in [6.45, 7) is 14.1. The van der Waals surface area contributed by atoms with Crippen molar-refractivity contribution in [2.75, 3.05) is 0 Å². The van der Waals surface area contributed by atoms with Gasteiger partial charge in [-0.25, -0.2) is 0 Å². The van der Waals surface area contributed by atoms with Crippen molar-refractivity contribution in [1.29, 1.82) is 0 Å². The second-order valence-electron chi connectivity index (χ2n) is 14.1. The number of hydrogen-bond donors (Lipinski definition) is 1. The highest BCUT2D eigenvalue weighted by atomic mass is 16.3. The molecule has 3 fully saturated rings. The molecule has 178 valence electrons. The molecule has 32 heavy (non-hydrogen) atoms. The molecule has 0 amide bonds. The number of aliphatic hydroxyl groups excluding tert-OH is 1. The van der Waals surface area contributed by atoms with E-state index in [0.717, 1.165) is 51.2 Å². The van der Waals surface area contributed by atoms with E-state index in [-0.39, 0.29) is 22.2 Å². The van der Waals surface area contributed by atoms with E-state index >= 15 is 0 Å². The number of allylic oxidation sites excluding steroid dienone is 2. The van der Waals surface area contributed by atoms with Crippen LogP contribution in [0.2, 0.25) is 0 Å². The summed E-state index contributed by atoms with van der Waals surface area (Å²) in [5.74, 6) is 1.70. The SMILES string of the molecule is CC1(C)CCC2=C(C1)C1CCC3C4(C)CCC(O)C(C)(C=O)C4CCC3(C)C1(C)CC2=O. The van der Waals surface area contributed by atoms with Crippen molar-refractivity contribution in [2.45, 2.75) is 112 Å². The number of ketones is 1. The van der Waals surface area contributed by atoms with Gasteiger partial charge in [0.05, 0.1) is 11.5 Å². The second kappa shape index (κ2) is 6.80. The second-order valence-corrected chi connectivity index (χ2v) is 14.1. The molecule has 0 aliphatic heterocycles. The lowest BCUT2D eigenvalue weighted by Gasteiger charge is -2.71. The first kappa shape index (κ1) is 22.8. The first-order chi connectivity index (χ1) is 14.8. The minimum Gasteiger partial charge on any atom is -0.392 e. The molecule has 0 bridgehead atoms. The molecule has 8 atom stereocenters. The molecule has 3 nitrogen and oxygen atoms in total. The minimum absolute atomic E-state index is 0.000870. The van der Waals surface area contributed by atoms with Gasteiger partial charge in [-0.3, -0.25) is 4.79 Å². The molecule has 0 spiro atoms. The Morgan fingerprint density at radius 3 is 2.25 bits per heavy atom. The fourth-order valence-corrected chi connectivity index (χ4v) is 10.1. The van der Waals surface area contributed by atoms with E-state index in [0.29, 0.717) is 29.5 Å². The Kier molecular flexibility index (Phi) is 4.85. The summed E-state index contributed by atoms with van der Waals surface area (Å²) in [5.41, 5.74) is 2.53. The predicted octanol–water partition coefficient (Wildman–Crippen LogP) is 6.28. The molecule has 0 aromatic rings. The number of fused-ring (bicyclic) bond motifs is 6. The van der Waals surface area contributed by atoms with Crippen LogP contribution in [-0.4, -0.2) is 23.3 Å². The molecule has 1 N–H and O–H groups in total. The average molecular weight is 441 g/mol. The third-order valence-electron chi connectivity index (χ3n) is 12.2. The van der Waals surface area contributed by atoms with Gasteiger partial charge in [0.1, 0.15) is 6.29 Å². The number of aliphatic hydroxyl groups is 1. The van der Waals surface area contributed by atoms with Crippen LogP contribution in [0.5, 0.6) is 0 Å². The van der Waals surface area contributed by atoms with E-state index in [2.05, 4.69) is 34.6 Å². The largest absolute Gasteiger partial charge is 0.392 e. The van der Waals surface area contributed by atoms with Gasteiger partial charge in [-0.15, -0.1) is 0 Å². The van der Waals surface area contributed by atoms with E-state index in [1.165, 1.54) is 24.0 Å². The third kappa shape index (κ3) is 2.70. The highest BCUT2D eigenvalue weighted by Gasteiger charge is 2.69.